The number of nitrogens with one attached hydrogen (secondary N) is 1. The quantitative estimate of drug-likeness (QED) is 0.473. The minimum absolute atomic E-state index is 0.215. The van der Waals surface area contributed by atoms with Crippen molar-refractivity contribution in [2.45, 2.75) is 33.1 Å². The highest BCUT2D eigenvalue weighted by Crippen LogP contribution is 2.35. The van der Waals surface area contributed by atoms with E-state index in [1.165, 1.54) is 11.3 Å². The van der Waals surface area contributed by atoms with Crippen LogP contribution < -0.4 is 10.2 Å². The number of aromatic nitrogens is 2. The van der Waals surface area contributed by atoms with Gasteiger partial charge in [0.25, 0.3) is 5.91 Å². The van der Waals surface area contributed by atoms with Crippen molar-refractivity contribution >= 4 is 28.2 Å². The number of pyridine rings is 1. The molecule has 2 aromatic carbocycles. The second-order valence-corrected chi connectivity index (χ2v) is 8.51. The molecular formula is C26H26N4O2. The maximum Gasteiger partial charge on any atom is 0.261 e. The molecule has 2 aromatic heterocycles. The van der Waals surface area contributed by atoms with Crippen molar-refractivity contribution in [3.8, 4) is 0 Å². The lowest BCUT2D eigenvalue weighted by Crippen LogP contribution is -2.20. The Morgan fingerprint density at radius 1 is 1.09 bits per heavy atom. The average Bonchev–Trinajstić information content (AvgIpc) is 3.41. The predicted molar refractivity (Wildman–Crippen MR) is 126 cm³/mol. The third-order valence-corrected chi connectivity index (χ3v) is 6.23. The second kappa shape index (κ2) is 8.11. The summed E-state index contributed by atoms with van der Waals surface area (Å²) in [6, 6.07) is 18.7. The van der Waals surface area contributed by atoms with Crippen LogP contribution in [0.2, 0.25) is 0 Å². The van der Waals surface area contributed by atoms with Crippen LogP contribution in [0.1, 0.15) is 45.4 Å². The summed E-state index contributed by atoms with van der Waals surface area (Å²) in [5.41, 5.74) is 6.27. The standard InChI is InChI=1S/C26H26N4O2/c1-16-13-24(30-12-11-20(15-30)19-7-5-4-6-8-19)22-14-21(9-10-23(22)27-16)28-26(31)25-17(2)29-32-18(25)3/h4-10,13-14,20H,11-12,15H2,1-3H3,(H,28,31). The average molecular weight is 427 g/mol. The van der Waals surface area contributed by atoms with Crippen LogP contribution in [-0.2, 0) is 0 Å². The highest BCUT2D eigenvalue weighted by Gasteiger charge is 2.26. The normalized spacial score (nSPS) is 16.0. The van der Waals surface area contributed by atoms with Crippen LogP contribution in [0.25, 0.3) is 10.9 Å². The molecule has 5 rings (SSSR count). The summed E-state index contributed by atoms with van der Waals surface area (Å²) in [6.07, 6.45) is 1.12. The first kappa shape index (κ1) is 20.2. The number of nitrogens with zero attached hydrogens (tertiary/aromatic N) is 3. The fourth-order valence-electron chi connectivity index (χ4n) is 4.65. The molecule has 6 nitrogen and oxygen atoms in total. The topological polar surface area (TPSA) is 71.3 Å². The van der Waals surface area contributed by atoms with Crippen molar-refractivity contribution in [1.29, 1.82) is 0 Å². The van der Waals surface area contributed by atoms with Gasteiger partial charge in [0.15, 0.2) is 0 Å². The van der Waals surface area contributed by atoms with Crippen LogP contribution in [0.3, 0.4) is 0 Å². The van der Waals surface area contributed by atoms with E-state index < -0.39 is 0 Å². The Morgan fingerprint density at radius 3 is 2.66 bits per heavy atom. The van der Waals surface area contributed by atoms with Gasteiger partial charge >= 0.3 is 0 Å². The molecule has 162 valence electrons. The Labute approximate surface area is 187 Å². The number of anilines is 2. The van der Waals surface area contributed by atoms with E-state index in [2.05, 4.69) is 51.8 Å². The lowest BCUT2D eigenvalue weighted by Gasteiger charge is -2.22. The van der Waals surface area contributed by atoms with Gasteiger partial charge in [-0.3, -0.25) is 9.78 Å². The summed E-state index contributed by atoms with van der Waals surface area (Å²) in [5.74, 6) is 0.817. The fourth-order valence-corrected chi connectivity index (χ4v) is 4.65. The zero-order valence-electron chi connectivity index (χ0n) is 18.6. The lowest BCUT2D eigenvalue weighted by molar-refractivity contribution is 0.102. The molecule has 1 aliphatic heterocycles. The summed E-state index contributed by atoms with van der Waals surface area (Å²) < 4.78 is 5.14. The van der Waals surface area contributed by atoms with Crippen LogP contribution in [0.15, 0.2) is 59.1 Å². The monoisotopic (exact) mass is 426 g/mol. The highest BCUT2D eigenvalue weighted by molar-refractivity contribution is 6.07. The number of aryl methyl sites for hydroxylation is 3. The maximum atomic E-state index is 12.8. The Hall–Kier alpha value is -3.67. The van der Waals surface area contributed by atoms with Gasteiger partial charge in [-0.25, -0.2) is 0 Å². The molecule has 6 heteroatoms. The van der Waals surface area contributed by atoms with E-state index >= 15 is 0 Å². The molecule has 1 N–H and O–H groups in total. The smallest absolute Gasteiger partial charge is 0.261 e. The van der Waals surface area contributed by atoms with Gasteiger partial charge in [-0.05, 0) is 57.0 Å². The third-order valence-electron chi connectivity index (χ3n) is 6.23. The molecule has 0 radical (unpaired) electrons. The minimum Gasteiger partial charge on any atom is -0.370 e. The van der Waals surface area contributed by atoms with E-state index in [0.717, 1.165) is 41.8 Å². The highest BCUT2D eigenvalue weighted by atomic mass is 16.5. The molecule has 3 heterocycles. The first-order valence-electron chi connectivity index (χ1n) is 10.9. The van der Waals surface area contributed by atoms with Crippen LogP contribution in [0.5, 0.6) is 0 Å². The summed E-state index contributed by atoms with van der Waals surface area (Å²) in [4.78, 5) is 20.0. The molecule has 1 amide bonds. The molecule has 32 heavy (non-hydrogen) atoms. The van der Waals surface area contributed by atoms with Gasteiger partial charge in [0.2, 0.25) is 0 Å². The molecular weight excluding hydrogens is 400 g/mol. The van der Waals surface area contributed by atoms with Gasteiger partial charge in [-0.15, -0.1) is 0 Å². The Balaban J connectivity index is 1.46. The molecule has 1 fully saturated rings. The number of carbonyl (C=O) groups excluding carboxylic acids is 1. The van der Waals surface area contributed by atoms with Crippen molar-refractivity contribution in [3.63, 3.8) is 0 Å². The lowest BCUT2D eigenvalue weighted by atomic mass is 9.99. The Kier molecular flexibility index (Phi) is 5.13. The molecule has 0 bridgehead atoms. The van der Waals surface area contributed by atoms with E-state index in [1.54, 1.807) is 13.8 Å². The SMILES string of the molecule is Cc1cc(N2CCC(c3ccccc3)C2)c2cc(NC(=O)c3c(C)noc3C)ccc2n1. The fraction of sp³-hybridized carbons (Fsp3) is 0.269. The van der Waals surface area contributed by atoms with Gasteiger partial charge in [0.1, 0.15) is 11.3 Å². The molecule has 1 aliphatic rings. The van der Waals surface area contributed by atoms with Gasteiger partial charge < -0.3 is 14.7 Å². The first-order valence-corrected chi connectivity index (χ1v) is 10.9. The van der Waals surface area contributed by atoms with Crippen LogP contribution in [-0.4, -0.2) is 29.1 Å². The van der Waals surface area contributed by atoms with Gasteiger partial charge in [0, 0.05) is 41.5 Å². The van der Waals surface area contributed by atoms with E-state index in [9.17, 15) is 4.79 Å². The zero-order chi connectivity index (χ0) is 22.2. The molecule has 1 unspecified atom stereocenters. The van der Waals surface area contributed by atoms with Gasteiger partial charge in [0.05, 0.1) is 11.2 Å². The molecule has 1 atom stereocenters. The largest absolute Gasteiger partial charge is 0.370 e. The number of hydrogen-bond acceptors (Lipinski definition) is 5. The predicted octanol–water partition coefficient (Wildman–Crippen LogP) is 5.39. The number of fused-ring (bicyclic) bond motifs is 1. The molecule has 0 spiro atoms. The number of amides is 1. The van der Waals surface area contributed by atoms with Crippen LogP contribution in [0, 0.1) is 20.8 Å². The van der Waals surface area contributed by atoms with Crippen molar-refractivity contribution in [2.24, 2.45) is 0 Å². The molecule has 1 saturated heterocycles. The summed E-state index contributed by atoms with van der Waals surface area (Å²) in [5, 5.41) is 7.93. The zero-order valence-corrected chi connectivity index (χ0v) is 18.6. The third kappa shape index (κ3) is 3.73. The number of rotatable bonds is 4. The van der Waals surface area contributed by atoms with Crippen molar-refractivity contribution in [1.82, 2.24) is 10.1 Å². The van der Waals surface area contributed by atoms with Gasteiger partial charge in [-0.2, -0.15) is 0 Å². The van der Waals surface area contributed by atoms with Crippen LogP contribution in [0.4, 0.5) is 11.4 Å². The minimum atomic E-state index is -0.215. The van der Waals surface area contributed by atoms with E-state index in [1.807, 2.05) is 25.1 Å². The van der Waals surface area contributed by atoms with Crippen molar-refractivity contribution < 1.29 is 9.32 Å². The van der Waals surface area contributed by atoms with E-state index in [0.29, 0.717) is 22.9 Å². The number of benzene rings is 2. The first-order chi connectivity index (χ1) is 15.5. The summed E-state index contributed by atoms with van der Waals surface area (Å²) in [6.45, 7) is 7.51. The second-order valence-electron chi connectivity index (χ2n) is 8.51. The van der Waals surface area contributed by atoms with Gasteiger partial charge in [-0.1, -0.05) is 35.5 Å². The molecule has 0 saturated carbocycles. The number of hydrogen-bond donors (Lipinski definition) is 1. The van der Waals surface area contributed by atoms with E-state index in [4.69, 9.17) is 9.51 Å². The van der Waals surface area contributed by atoms with E-state index in [-0.39, 0.29) is 5.91 Å². The van der Waals surface area contributed by atoms with Crippen LogP contribution >= 0.6 is 0 Å². The Morgan fingerprint density at radius 2 is 1.91 bits per heavy atom. The summed E-state index contributed by atoms with van der Waals surface area (Å²) in [7, 11) is 0. The number of carbonyl (C=O) groups is 1. The van der Waals surface area contributed by atoms with Crippen molar-refractivity contribution in [2.75, 3.05) is 23.3 Å². The van der Waals surface area contributed by atoms with Crippen molar-refractivity contribution in [3.05, 3.63) is 82.9 Å². The maximum absolute atomic E-state index is 12.8. The summed E-state index contributed by atoms with van der Waals surface area (Å²) >= 11 is 0. The molecule has 0 aliphatic carbocycles. The Bertz CT molecular complexity index is 1280. The molecule has 4 aromatic rings.